The fourth-order valence-electron chi connectivity index (χ4n) is 4.77. The van der Waals surface area contributed by atoms with Crippen molar-refractivity contribution in [2.24, 2.45) is 5.92 Å². The van der Waals surface area contributed by atoms with Crippen molar-refractivity contribution in [1.29, 1.82) is 0 Å². The Morgan fingerprint density at radius 1 is 1.09 bits per heavy atom. The minimum absolute atomic E-state index is 0.0733. The lowest BCUT2D eigenvalue weighted by molar-refractivity contribution is -0.146. The lowest BCUT2D eigenvalue weighted by atomic mass is 9.98. The van der Waals surface area contributed by atoms with E-state index in [2.05, 4.69) is 27.5 Å². The summed E-state index contributed by atoms with van der Waals surface area (Å²) in [6, 6.07) is 4.79. The Morgan fingerprint density at radius 2 is 1.75 bits per heavy atom. The van der Waals surface area contributed by atoms with Gasteiger partial charge in [0.05, 0.1) is 30.0 Å². The summed E-state index contributed by atoms with van der Waals surface area (Å²) >= 11 is 1.00. The number of carbonyl (C=O) groups is 1. The van der Waals surface area contributed by atoms with E-state index in [4.69, 9.17) is 4.74 Å². The average molecular weight is 482 g/mol. The monoisotopic (exact) mass is 481 g/mol. The third kappa shape index (κ3) is 4.54. The first-order valence-corrected chi connectivity index (χ1v) is 13.2. The van der Waals surface area contributed by atoms with Crippen molar-refractivity contribution in [2.45, 2.75) is 50.8 Å². The quantitative estimate of drug-likeness (QED) is 0.641. The molecule has 0 bridgehead atoms. The normalized spacial score (nSPS) is 24.8. The van der Waals surface area contributed by atoms with Crippen LogP contribution in [-0.4, -0.2) is 94.7 Å². The number of ether oxygens (including phenoxy) is 1. The molecular formula is C21H31N5O4S2. The molecule has 1 amide bonds. The summed E-state index contributed by atoms with van der Waals surface area (Å²) in [6.45, 7) is 10.9. The first-order chi connectivity index (χ1) is 15.2. The number of carbonyl (C=O) groups excluding carboxylic acids is 1. The Hall–Kier alpha value is -1.66. The molecule has 2 aromatic rings. The van der Waals surface area contributed by atoms with Crippen LogP contribution in [0.25, 0.3) is 11.0 Å². The third-order valence-corrected chi connectivity index (χ3v) is 8.62. The molecule has 9 nitrogen and oxygen atoms in total. The van der Waals surface area contributed by atoms with Crippen LogP contribution in [-0.2, 0) is 19.6 Å². The lowest BCUT2D eigenvalue weighted by Gasteiger charge is -2.43. The van der Waals surface area contributed by atoms with E-state index in [0.717, 1.165) is 24.8 Å². The largest absolute Gasteiger partial charge is 0.373 e. The van der Waals surface area contributed by atoms with Crippen LogP contribution in [0.2, 0.25) is 0 Å². The van der Waals surface area contributed by atoms with Crippen LogP contribution in [0, 0.1) is 5.92 Å². The molecule has 2 saturated heterocycles. The van der Waals surface area contributed by atoms with Crippen LogP contribution in [0.1, 0.15) is 27.7 Å². The standard InChI is InChI=1S/C21H31N5O4S2/c1-14(2)20(25-12-15(3)30-16(4)13-25)21(27)24-8-10-26(11-9-24)32(28,29)18-7-5-6-17-19(18)23-31-22-17/h5-7,14-16,20H,8-13H2,1-4H3. The zero-order valence-electron chi connectivity index (χ0n) is 19.0. The van der Waals surface area contributed by atoms with E-state index in [0.29, 0.717) is 24.1 Å². The van der Waals surface area contributed by atoms with E-state index in [-0.39, 0.29) is 48.1 Å². The van der Waals surface area contributed by atoms with Gasteiger partial charge in [-0.05, 0) is 31.9 Å². The maximum absolute atomic E-state index is 13.5. The number of hydrogen-bond donors (Lipinski definition) is 0. The Balaban J connectivity index is 1.46. The number of nitrogens with zero attached hydrogens (tertiary/aromatic N) is 5. The van der Waals surface area contributed by atoms with E-state index in [1.165, 1.54) is 4.31 Å². The van der Waals surface area contributed by atoms with Gasteiger partial charge in [0.25, 0.3) is 0 Å². The molecule has 0 saturated carbocycles. The molecule has 3 atom stereocenters. The van der Waals surface area contributed by atoms with E-state index < -0.39 is 10.0 Å². The number of piperazine rings is 1. The molecule has 32 heavy (non-hydrogen) atoms. The zero-order chi connectivity index (χ0) is 23.0. The molecule has 0 spiro atoms. The van der Waals surface area contributed by atoms with Crippen LogP contribution in [0.5, 0.6) is 0 Å². The second-order valence-corrected chi connectivity index (χ2v) is 11.5. The Labute approximate surface area is 193 Å². The van der Waals surface area contributed by atoms with Gasteiger partial charge in [-0.15, -0.1) is 0 Å². The van der Waals surface area contributed by atoms with Gasteiger partial charge in [0.2, 0.25) is 15.9 Å². The van der Waals surface area contributed by atoms with Gasteiger partial charge in [0.15, 0.2) is 0 Å². The predicted octanol–water partition coefficient (Wildman–Crippen LogP) is 1.66. The highest BCUT2D eigenvalue weighted by atomic mass is 32.2. The number of amides is 1. The molecule has 1 aromatic heterocycles. The van der Waals surface area contributed by atoms with Gasteiger partial charge in [0.1, 0.15) is 15.9 Å². The van der Waals surface area contributed by atoms with Gasteiger partial charge >= 0.3 is 0 Å². The number of morpholine rings is 1. The topological polar surface area (TPSA) is 95.9 Å². The summed E-state index contributed by atoms with van der Waals surface area (Å²) in [4.78, 5) is 17.7. The molecule has 0 N–H and O–H groups in total. The molecule has 2 aliphatic rings. The zero-order valence-corrected chi connectivity index (χ0v) is 20.6. The highest BCUT2D eigenvalue weighted by Gasteiger charge is 2.38. The number of aromatic nitrogens is 2. The van der Waals surface area contributed by atoms with Crippen molar-refractivity contribution >= 4 is 38.7 Å². The summed E-state index contributed by atoms with van der Waals surface area (Å²) in [6.07, 6.45) is 0.162. The molecule has 4 rings (SSSR count). The van der Waals surface area contributed by atoms with E-state index >= 15 is 0 Å². The van der Waals surface area contributed by atoms with Crippen LogP contribution in [0.15, 0.2) is 23.1 Å². The predicted molar refractivity (Wildman–Crippen MR) is 123 cm³/mol. The van der Waals surface area contributed by atoms with Gasteiger partial charge in [-0.1, -0.05) is 19.9 Å². The van der Waals surface area contributed by atoms with E-state index in [9.17, 15) is 13.2 Å². The minimum atomic E-state index is -3.71. The summed E-state index contributed by atoms with van der Waals surface area (Å²) in [5, 5.41) is 0. The molecular weight excluding hydrogens is 450 g/mol. The molecule has 176 valence electrons. The minimum Gasteiger partial charge on any atom is -0.373 e. The maximum atomic E-state index is 13.5. The van der Waals surface area contributed by atoms with Crippen LogP contribution >= 0.6 is 11.7 Å². The first-order valence-electron chi connectivity index (χ1n) is 11.1. The second-order valence-electron chi connectivity index (χ2n) is 9.02. The molecule has 3 unspecified atom stereocenters. The van der Waals surface area contributed by atoms with Crippen molar-refractivity contribution in [2.75, 3.05) is 39.3 Å². The summed E-state index contributed by atoms with van der Waals surface area (Å²) in [5.74, 6) is 0.223. The Bertz CT molecular complexity index is 1060. The summed E-state index contributed by atoms with van der Waals surface area (Å²) < 4.78 is 42.2. The first kappa shape index (κ1) is 23.5. The van der Waals surface area contributed by atoms with Gasteiger partial charge < -0.3 is 9.64 Å². The summed E-state index contributed by atoms with van der Waals surface area (Å²) in [5.41, 5.74) is 0.991. The molecule has 3 heterocycles. The number of rotatable bonds is 5. The Kier molecular flexibility index (Phi) is 6.83. The Morgan fingerprint density at radius 3 is 2.38 bits per heavy atom. The van der Waals surface area contributed by atoms with Gasteiger partial charge in [0, 0.05) is 39.3 Å². The molecule has 0 radical (unpaired) electrons. The maximum Gasteiger partial charge on any atom is 0.245 e. The summed E-state index contributed by atoms with van der Waals surface area (Å²) in [7, 11) is -3.71. The molecule has 0 aliphatic carbocycles. The van der Waals surface area contributed by atoms with E-state index in [1.807, 2.05) is 18.7 Å². The number of sulfonamides is 1. The van der Waals surface area contributed by atoms with Crippen LogP contribution in [0.3, 0.4) is 0 Å². The fourth-order valence-corrected chi connectivity index (χ4v) is 6.95. The number of hydrogen-bond acceptors (Lipinski definition) is 8. The third-order valence-electron chi connectivity index (χ3n) is 6.14. The molecule has 2 fully saturated rings. The van der Waals surface area contributed by atoms with Crippen molar-refractivity contribution in [3.05, 3.63) is 18.2 Å². The van der Waals surface area contributed by atoms with E-state index in [1.54, 1.807) is 18.2 Å². The highest BCUT2D eigenvalue weighted by molar-refractivity contribution is 7.89. The SMILES string of the molecule is CC1CN(C(C(=O)N2CCN(S(=O)(=O)c3cccc4nsnc34)CC2)C(C)C)CC(C)O1. The highest BCUT2D eigenvalue weighted by Crippen LogP contribution is 2.26. The number of fused-ring (bicyclic) bond motifs is 1. The van der Waals surface area contributed by atoms with Crippen molar-refractivity contribution in [3.8, 4) is 0 Å². The van der Waals surface area contributed by atoms with Gasteiger partial charge in [-0.2, -0.15) is 13.1 Å². The average Bonchev–Trinajstić information content (AvgIpc) is 3.21. The number of benzene rings is 1. The van der Waals surface area contributed by atoms with Gasteiger partial charge in [-0.3, -0.25) is 9.69 Å². The van der Waals surface area contributed by atoms with Gasteiger partial charge in [-0.25, -0.2) is 8.42 Å². The van der Waals surface area contributed by atoms with Crippen molar-refractivity contribution in [3.63, 3.8) is 0 Å². The molecule has 1 aromatic carbocycles. The second kappa shape index (κ2) is 9.30. The van der Waals surface area contributed by atoms with Crippen molar-refractivity contribution < 1.29 is 17.9 Å². The molecule has 11 heteroatoms. The van der Waals surface area contributed by atoms with Crippen LogP contribution in [0.4, 0.5) is 0 Å². The van der Waals surface area contributed by atoms with Crippen LogP contribution < -0.4 is 0 Å². The molecule has 2 aliphatic heterocycles. The smallest absolute Gasteiger partial charge is 0.245 e. The lowest BCUT2D eigenvalue weighted by Crippen LogP contribution is -2.60. The fraction of sp³-hybridized carbons (Fsp3) is 0.667. The van der Waals surface area contributed by atoms with Crippen molar-refractivity contribution in [1.82, 2.24) is 22.9 Å².